The lowest BCUT2D eigenvalue weighted by atomic mass is 10.1. The normalized spacial score (nSPS) is 14.2. The maximum Gasteiger partial charge on any atom is 0.355 e. The van der Waals surface area contributed by atoms with Gasteiger partial charge in [-0.25, -0.2) is 13.2 Å². The predicted octanol–water partition coefficient (Wildman–Crippen LogP) is 3.15. The van der Waals surface area contributed by atoms with Gasteiger partial charge < -0.3 is 9.72 Å². The summed E-state index contributed by atoms with van der Waals surface area (Å²) in [5.74, 6) is -0.868. The SMILES string of the molecule is CCOC(=O)c1[nH]c(C)c(C(=O)CN(C2CC2)S(=O)(=O)c2ccc(C)cc2)c1C. The van der Waals surface area contributed by atoms with Gasteiger partial charge in [-0.1, -0.05) is 17.7 Å². The maximum absolute atomic E-state index is 13.2. The lowest BCUT2D eigenvalue weighted by Gasteiger charge is -2.21. The van der Waals surface area contributed by atoms with Gasteiger partial charge in [0.05, 0.1) is 18.0 Å². The zero-order chi connectivity index (χ0) is 21.3. The number of aryl methyl sites for hydroxylation is 2. The Morgan fingerprint density at radius 3 is 2.31 bits per heavy atom. The number of ketones is 1. The van der Waals surface area contributed by atoms with Crippen molar-refractivity contribution in [3.8, 4) is 0 Å². The number of benzene rings is 1. The van der Waals surface area contributed by atoms with Crippen LogP contribution in [0.25, 0.3) is 0 Å². The largest absolute Gasteiger partial charge is 0.461 e. The molecule has 0 unspecified atom stereocenters. The van der Waals surface area contributed by atoms with E-state index in [0.717, 1.165) is 18.4 Å². The molecular formula is C21H26N2O5S. The van der Waals surface area contributed by atoms with Crippen molar-refractivity contribution in [1.29, 1.82) is 0 Å². The summed E-state index contributed by atoms with van der Waals surface area (Å²) in [6, 6.07) is 6.44. The number of carbonyl (C=O) groups is 2. The number of ether oxygens (including phenoxy) is 1. The fraction of sp³-hybridized carbons (Fsp3) is 0.429. The van der Waals surface area contributed by atoms with Crippen LogP contribution in [0.2, 0.25) is 0 Å². The fourth-order valence-corrected chi connectivity index (χ4v) is 5.06. The van der Waals surface area contributed by atoms with E-state index in [2.05, 4.69) is 4.98 Å². The quantitative estimate of drug-likeness (QED) is 0.525. The second-order valence-corrected chi connectivity index (χ2v) is 9.25. The van der Waals surface area contributed by atoms with Crippen molar-refractivity contribution in [3.05, 3.63) is 52.3 Å². The zero-order valence-electron chi connectivity index (χ0n) is 17.1. The Morgan fingerprint density at radius 1 is 1.14 bits per heavy atom. The standard InChI is InChI=1S/C21H26N2O5S/c1-5-28-21(25)20-14(3)19(15(4)22-20)18(24)12-23(16-8-9-16)29(26,27)17-10-6-13(2)7-11-17/h6-7,10-11,16,22H,5,8-9,12H2,1-4H3. The van der Waals surface area contributed by atoms with Crippen LogP contribution in [0.4, 0.5) is 0 Å². The van der Waals surface area contributed by atoms with E-state index in [4.69, 9.17) is 4.74 Å². The van der Waals surface area contributed by atoms with Crippen LogP contribution in [0.1, 0.15) is 57.4 Å². The number of nitrogens with zero attached hydrogens (tertiary/aromatic N) is 1. The van der Waals surface area contributed by atoms with Crippen molar-refractivity contribution in [2.24, 2.45) is 0 Å². The van der Waals surface area contributed by atoms with E-state index in [1.165, 1.54) is 4.31 Å². The lowest BCUT2D eigenvalue weighted by Crippen LogP contribution is -2.37. The van der Waals surface area contributed by atoms with Crippen molar-refractivity contribution < 1.29 is 22.7 Å². The van der Waals surface area contributed by atoms with E-state index >= 15 is 0 Å². The number of hydrogen-bond acceptors (Lipinski definition) is 5. The molecule has 1 aliphatic carbocycles. The van der Waals surface area contributed by atoms with Crippen molar-refractivity contribution in [3.63, 3.8) is 0 Å². The molecule has 0 amide bonds. The van der Waals surface area contributed by atoms with Gasteiger partial charge in [-0.3, -0.25) is 4.79 Å². The first-order chi connectivity index (χ1) is 13.7. The molecule has 7 nitrogen and oxygen atoms in total. The zero-order valence-corrected chi connectivity index (χ0v) is 17.9. The van der Waals surface area contributed by atoms with E-state index in [-0.39, 0.29) is 35.6 Å². The van der Waals surface area contributed by atoms with Crippen molar-refractivity contribution in [2.75, 3.05) is 13.2 Å². The van der Waals surface area contributed by atoms with Gasteiger partial charge in [0.15, 0.2) is 5.78 Å². The summed E-state index contributed by atoms with van der Waals surface area (Å²) in [5.41, 5.74) is 2.54. The first-order valence-corrected chi connectivity index (χ1v) is 11.1. The third-order valence-electron chi connectivity index (χ3n) is 5.08. The molecule has 8 heteroatoms. The van der Waals surface area contributed by atoms with Crippen LogP contribution in [0.15, 0.2) is 29.2 Å². The first kappa shape index (κ1) is 21.3. The Kier molecular flexibility index (Phi) is 5.95. The van der Waals surface area contributed by atoms with Crippen LogP contribution >= 0.6 is 0 Å². The van der Waals surface area contributed by atoms with Crippen molar-refractivity contribution in [2.45, 2.75) is 51.5 Å². The van der Waals surface area contributed by atoms with Gasteiger partial charge in [0.2, 0.25) is 10.0 Å². The number of nitrogens with one attached hydrogen (secondary N) is 1. The second kappa shape index (κ2) is 8.12. The van der Waals surface area contributed by atoms with Gasteiger partial charge >= 0.3 is 5.97 Å². The number of carbonyl (C=O) groups excluding carboxylic acids is 2. The van der Waals surface area contributed by atoms with Crippen LogP contribution in [0, 0.1) is 20.8 Å². The Bertz CT molecular complexity index is 1030. The van der Waals surface area contributed by atoms with Crippen molar-refractivity contribution >= 4 is 21.8 Å². The third-order valence-corrected chi connectivity index (χ3v) is 6.99. The van der Waals surface area contributed by atoms with Gasteiger partial charge in [-0.2, -0.15) is 4.31 Å². The number of esters is 1. The molecule has 156 valence electrons. The molecule has 1 fully saturated rings. The van der Waals surface area contributed by atoms with Gasteiger partial charge in [0, 0.05) is 17.3 Å². The van der Waals surface area contributed by atoms with Crippen LogP contribution in [-0.4, -0.2) is 48.7 Å². The molecule has 1 aliphatic rings. The van der Waals surface area contributed by atoms with Crippen LogP contribution < -0.4 is 0 Å². The molecule has 0 atom stereocenters. The van der Waals surface area contributed by atoms with Gasteiger partial charge in [-0.05, 0) is 58.2 Å². The van der Waals surface area contributed by atoms with Crippen LogP contribution in [0.3, 0.4) is 0 Å². The molecule has 2 aromatic rings. The summed E-state index contributed by atoms with van der Waals surface area (Å²) in [6.07, 6.45) is 1.47. The highest BCUT2D eigenvalue weighted by Crippen LogP contribution is 2.33. The van der Waals surface area contributed by atoms with Crippen molar-refractivity contribution in [1.82, 2.24) is 9.29 Å². The molecule has 1 N–H and O–H groups in total. The van der Waals surface area contributed by atoms with Crippen LogP contribution in [-0.2, 0) is 14.8 Å². The minimum Gasteiger partial charge on any atom is -0.461 e. The number of Topliss-reactive ketones (excluding diaryl/α,β-unsaturated/α-hetero) is 1. The molecule has 0 saturated heterocycles. The number of H-pyrrole nitrogens is 1. The molecule has 3 rings (SSSR count). The molecule has 0 aliphatic heterocycles. The minimum absolute atomic E-state index is 0.172. The smallest absolute Gasteiger partial charge is 0.355 e. The number of rotatable bonds is 8. The number of aromatic nitrogens is 1. The van der Waals surface area contributed by atoms with E-state index in [1.54, 1.807) is 45.0 Å². The predicted molar refractivity (Wildman–Crippen MR) is 109 cm³/mol. The number of hydrogen-bond donors (Lipinski definition) is 1. The van der Waals surface area contributed by atoms with Crippen LogP contribution in [0.5, 0.6) is 0 Å². The summed E-state index contributed by atoms with van der Waals surface area (Å²) < 4.78 is 32.6. The summed E-state index contributed by atoms with van der Waals surface area (Å²) in [6.45, 7) is 6.92. The monoisotopic (exact) mass is 418 g/mol. The summed E-state index contributed by atoms with van der Waals surface area (Å²) >= 11 is 0. The molecule has 1 heterocycles. The van der Waals surface area contributed by atoms with E-state index in [1.807, 2.05) is 6.92 Å². The Hall–Kier alpha value is -2.45. The lowest BCUT2D eigenvalue weighted by molar-refractivity contribution is 0.0519. The maximum atomic E-state index is 13.2. The summed E-state index contributed by atoms with van der Waals surface area (Å²) in [4.78, 5) is 28.3. The molecular weight excluding hydrogens is 392 g/mol. The molecule has 0 radical (unpaired) electrons. The highest BCUT2D eigenvalue weighted by molar-refractivity contribution is 7.89. The molecule has 1 saturated carbocycles. The van der Waals surface area contributed by atoms with E-state index in [9.17, 15) is 18.0 Å². The van der Waals surface area contributed by atoms with Gasteiger partial charge in [-0.15, -0.1) is 0 Å². The average molecular weight is 419 g/mol. The molecule has 0 spiro atoms. The highest BCUT2D eigenvalue weighted by Gasteiger charge is 2.40. The van der Waals surface area contributed by atoms with E-state index < -0.39 is 16.0 Å². The minimum atomic E-state index is -3.79. The van der Waals surface area contributed by atoms with Gasteiger partial charge in [0.1, 0.15) is 5.69 Å². The molecule has 29 heavy (non-hydrogen) atoms. The fourth-order valence-electron chi connectivity index (χ4n) is 3.41. The number of aromatic amines is 1. The second-order valence-electron chi connectivity index (χ2n) is 7.36. The highest BCUT2D eigenvalue weighted by atomic mass is 32.2. The Balaban J connectivity index is 1.90. The summed E-state index contributed by atoms with van der Waals surface area (Å²) in [7, 11) is -3.79. The summed E-state index contributed by atoms with van der Waals surface area (Å²) in [5, 5.41) is 0. The average Bonchev–Trinajstić information content (AvgIpc) is 3.44. The molecule has 0 bridgehead atoms. The first-order valence-electron chi connectivity index (χ1n) is 9.64. The molecule has 1 aromatic carbocycles. The third kappa shape index (κ3) is 4.28. The van der Waals surface area contributed by atoms with Gasteiger partial charge in [0.25, 0.3) is 0 Å². The van der Waals surface area contributed by atoms with E-state index in [0.29, 0.717) is 16.8 Å². The topological polar surface area (TPSA) is 96.5 Å². The Morgan fingerprint density at radius 2 is 1.76 bits per heavy atom. The number of sulfonamides is 1. The Labute approximate surface area is 171 Å². The molecule has 1 aromatic heterocycles.